The number of benzene rings is 1. The van der Waals surface area contributed by atoms with Gasteiger partial charge in [0.05, 0.1) is 13.2 Å². The number of methoxy groups -OCH3 is 1. The maximum atomic E-state index is 12.7. The highest BCUT2D eigenvalue weighted by Gasteiger charge is 2.42. The normalized spacial score (nSPS) is 20.9. The van der Waals surface area contributed by atoms with E-state index in [1.807, 2.05) is 31.2 Å². The number of halogens is 3. The van der Waals surface area contributed by atoms with Crippen LogP contribution >= 0.6 is 0 Å². The quantitative estimate of drug-likeness (QED) is 0.934. The van der Waals surface area contributed by atoms with Gasteiger partial charge in [0.15, 0.2) is 12.0 Å². The maximum absolute atomic E-state index is 12.7. The number of aliphatic imine (C=N–C) groups is 1. The molecule has 1 aromatic carbocycles. The molecule has 1 aliphatic heterocycles. The Labute approximate surface area is 121 Å². The molecule has 21 heavy (non-hydrogen) atoms. The predicted molar refractivity (Wildman–Crippen MR) is 74.2 cm³/mol. The third-order valence-corrected chi connectivity index (χ3v) is 3.67. The number of ether oxygens (including phenoxy) is 1. The van der Waals surface area contributed by atoms with E-state index in [2.05, 4.69) is 4.99 Å². The van der Waals surface area contributed by atoms with Crippen molar-refractivity contribution in [2.45, 2.75) is 31.6 Å². The molecule has 2 atom stereocenters. The van der Waals surface area contributed by atoms with Crippen LogP contribution < -0.4 is 10.5 Å². The van der Waals surface area contributed by atoms with Crippen molar-refractivity contribution in [2.75, 3.05) is 13.7 Å². The Kier molecular flexibility index (Phi) is 4.29. The molecule has 0 saturated carbocycles. The summed E-state index contributed by atoms with van der Waals surface area (Å²) in [7, 11) is 1.57. The van der Waals surface area contributed by atoms with Gasteiger partial charge in [-0.1, -0.05) is 12.1 Å². The molecule has 7 heteroatoms. The Morgan fingerprint density at radius 2 is 1.95 bits per heavy atom. The molecule has 1 aliphatic rings. The average molecular weight is 301 g/mol. The van der Waals surface area contributed by atoms with Gasteiger partial charge >= 0.3 is 6.18 Å². The summed E-state index contributed by atoms with van der Waals surface area (Å²) in [6.07, 6.45) is -4.41. The summed E-state index contributed by atoms with van der Waals surface area (Å²) >= 11 is 0. The molecule has 0 bridgehead atoms. The number of guanidine groups is 1. The number of nitrogens with two attached hydrogens (primary N) is 1. The van der Waals surface area contributed by atoms with Gasteiger partial charge in [-0.05, 0) is 31.0 Å². The SMILES string of the molecule is COc1ccc(C(C)N2CCC(C(F)(F)F)N=C2N)cc1. The van der Waals surface area contributed by atoms with Crippen molar-refractivity contribution in [3.05, 3.63) is 29.8 Å². The van der Waals surface area contributed by atoms with E-state index in [1.165, 1.54) is 0 Å². The largest absolute Gasteiger partial charge is 0.497 e. The highest BCUT2D eigenvalue weighted by molar-refractivity contribution is 5.79. The number of nitrogens with zero attached hydrogens (tertiary/aromatic N) is 2. The van der Waals surface area contributed by atoms with Gasteiger partial charge in [0, 0.05) is 6.54 Å². The summed E-state index contributed by atoms with van der Waals surface area (Å²) in [5, 5.41) is 0. The molecule has 0 radical (unpaired) electrons. The molecule has 4 nitrogen and oxygen atoms in total. The van der Waals surface area contributed by atoms with Crippen LogP contribution in [0.25, 0.3) is 0 Å². The molecule has 0 fully saturated rings. The molecule has 0 saturated heterocycles. The van der Waals surface area contributed by atoms with Crippen molar-refractivity contribution in [1.82, 2.24) is 4.90 Å². The molecule has 2 N–H and O–H groups in total. The smallest absolute Gasteiger partial charge is 0.410 e. The average Bonchev–Trinajstić information content (AvgIpc) is 2.45. The van der Waals surface area contributed by atoms with Crippen LogP contribution in [0.5, 0.6) is 5.75 Å². The van der Waals surface area contributed by atoms with Crippen molar-refractivity contribution >= 4 is 5.96 Å². The van der Waals surface area contributed by atoms with Gasteiger partial charge in [-0.25, -0.2) is 4.99 Å². The molecule has 0 amide bonds. The van der Waals surface area contributed by atoms with Crippen molar-refractivity contribution in [3.63, 3.8) is 0 Å². The Morgan fingerprint density at radius 3 is 2.43 bits per heavy atom. The molecule has 1 heterocycles. The monoisotopic (exact) mass is 301 g/mol. The Hall–Kier alpha value is -1.92. The first-order chi connectivity index (χ1) is 9.82. The predicted octanol–water partition coefficient (Wildman–Crippen LogP) is 2.71. The van der Waals surface area contributed by atoms with Crippen molar-refractivity contribution in [2.24, 2.45) is 10.7 Å². The van der Waals surface area contributed by atoms with Crippen LogP contribution in [0.4, 0.5) is 13.2 Å². The standard InChI is InChI=1S/C14H18F3N3O/c1-9(10-3-5-11(21-2)6-4-10)20-8-7-12(14(15,16)17)19-13(20)18/h3-6,9,12H,7-8H2,1-2H3,(H2,18,19). The minimum atomic E-state index is -4.33. The summed E-state index contributed by atoms with van der Waals surface area (Å²) in [5.41, 5.74) is 6.66. The third-order valence-electron chi connectivity index (χ3n) is 3.67. The molecule has 0 spiro atoms. The van der Waals surface area contributed by atoms with Gasteiger partial charge in [-0.2, -0.15) is 13.2 Å². The fraction of sp³-hybridized carbons (Fsp3) is 0.500. The molecule has 0 aromatic heterocycles. The second kappa shape index (κ2) is 5.83. The van der Waals surface area contributed by atoms with Crippen LogP contribution in [0.2, 0.25) is 0 Å². The fourth-order valence-corrected chi connectivity index (χ4v) is 2.37. The van der Waals surface area contributed by atoms with Gasteiger partial charge in [0.1, 0.15) is 5.75 Å². The lowest BCUT2D eigenvalue weighted by Gasteiger charge is -2.35. The first-order valence-electron chi connectivity index (χ1n) is 6.63. The lowest BCUT2D eigenvalue weighted by Crippen LogP contribution is -2.47. The zero-order valence-electron chi connectivity index (χ0n) is 11.9. The zero-order chi connectivity index (χ0) is 15.6. The van der Waals surface area contributed by atoms with Crippen molar-refractivity contribution < 1.29 is 17.9 Å². The Morgan fingerprint density at radius 1 is 1.33 bits per heavy atom. The number of rotatable bonds is 3. The van der Waals surface area contributed by atoms with Gasteiger partial charge < -0.3 is 15.4 Å². The van der Waals surface area contributed by atoms with Crippen LogP contribution in [0.15, 0.2) is 29.3 Å². The summed E-state index contributed by atoms with van der Waals surface area (Å²) in [6, 6.07) is 5.51. The molecular formula is C14H18F3N3O. The summed E-state index contributed by atoms with van der Waals surface area (Å²) in [4.78, 5) is 5.27. The Balaban J connectivity index is 2.14. The molecule has 2 unspecified atom stereocenters. The van der Waals surface area contributed by atoms with Crippen LogP contribution in [0.3, 0.4) is 0 Å². The first-order valence-corrected chi connectivity index (χ1v) is 6.63. The topological polar surface area (TPSA) is 50.8 Å². The van der Waals surface area contributed by atoms with Crippen LogP contribution in [-0.2, 0) is 0 Å². The molecule has 0 aliphatic carbocycles. The van der Waals surface area contributed by atoms with E-state index in [1.54, 1.807) is 12.0 Å². The Bertz CT molecular complexity index is 513. The van der Waals surface area contributed by atoms with E-state index in [-0.39, 0.29) is 25.0 Å². The van der Waals surface area contributed by atoms with Gasteiger partial charge in [0.25, 0.3) is 0 Å². The number of hydrogen-bond acceptors (Lipinski definition) is 4. The van der Waals surface area contributed by atoms with Gasteiger partial charge in [0.2, 0.25) is 0 Å². The maximum Gasteiger partial charge on any atom is 0.410 e. The second-order valence-corrected chi connectivity index (χ2v) is 4.98. The lowest BCUT2D eigenvalue weighted by atomic mass is 10.0. The summed E-state index contributed by atoms with van der Waals surface area (Å²) in [5.74, 6) is 0.662. The van der Waals surface area contributed by atoms with Crippen molar-refractivity contribution in [3.8, 4) is 5.75 Å². The lowest BCUT2D eigenvalue weighted by molar-refractivity contribution is -0.150. The first kappa shape index (κ1) is 15.5. The summed E-state index contributed by atoms with van der Waals surface area (Å²) < 4.78 is 43.0. The van der Waals surface area contributed by atoms with E-state index in [9.17, 15) is 13.2 Å². The van der Waals surface area contributed by atoms with Crippen LogP contribution in [0.1, 0.15) is 24.9 Å². The highest BCUT2D eigenvalue weighted by Crippen LogP contribution is 2.31. The highest BCUT2D eigenvalue weighted by atomic mass is 19.4. The van der Waals surface area contributed by atoms with E-state index in [0.29, 0.717) is 0 Å². The van der Waals surface area contributed by atoms with Gasteiger partial charge in [-0.3, -0.25) is 0 Å². The fourth-order valence-electron chi connectivity index (χ4n) is 2.37. The van der Waals surface area contributed by atoms with Crippen LogP contribution in [-0.4, -0.2) is 36.7 Å². The van der Waals surface area contributed by atoms with Crippen molar-refractivity contribution in [1.29, 1.82) is 0 Å². The summed E-state index contributed by atoms with van der Waals surface area (Å²) in [6.45, 7) is 2.12. The molecule has 2 rings (SSSR count). The van der Waals surface area contributed by atoms with E-state index in [4.69, 9.17) is 10.5 Å². The molecule has 116 valence electrons. The zero-order valence-corrected chi connectivity index (χ0v) is 11.9. The van der Waals surface area contributed by atoms with Gasteiger partial charge in [-0.15, -0.1) is 0 Å². The second-order valence-electron chi connectivity index (χ2n) is 4.98. The third kappa shape index (κ3) is 3.40. The van der Waals surface area contributed by atoms with E-state index >= 15 is 0 Å². The molecular weight excluding hydrogens is 283 g/mol. The van der Waals surface area contributed by atoms with E-state index < -0.39 is 12.2 Å². The van der Waals surface area contributed by atoms with Crippen LogP contribution in [0, 0.1) is 0 Å². The number of alkyl halides is 3. The minimum Gasteiger partial charge on any atom is -0.497 e. The minimum absolute atomic E-state index is 0.0631. The van der Waals surface area contributed by atoms with E-state index in [0.717, 1.165) is 11.3 Å². The number of hydrogen-bond donors (Lipinski definition) is 1. The molecule has 1 aromatic rings.